The summed E-state index contributed by atoms with van der Waals surface area (Å²) in [4.78, 5) is 0. The molecule has 1 aromatic rings. The SMILES string of the molecule is C[CH2][Ge]([CH2]C)[CH2]C.C[Si]c1ccccc1. The van der Waals surface area contributed by atoms with Crippen molar-refractivity contribution in [2.24, 2.45) is 0 Å². The van der Waals surface area contributed by atoms with Gasteiger partial charge in [-0.3, -0.25) is 0 Å². The van der Waals surface area contributed by atoms with Crippen LogP contribution in [0.2, 0.25) is 22.3 Å². The Bertz CT molecular complexity index is 214. The normalized spacial score (nSPS) is 9.67. The van der Waals surface area contributed by atoms with E-state index < -0.39 is 14.3 Å². The van der Waals surface area contributed by atoms with Gasteiger partial charge in [0.05, 0.1) is 9.52 Å². The Labute approximate surface area is 102 Å². The molecule has 2 heteroatoms. The molecule has 0 aromatic heterocycles. The molecule has 1 rings (SSSR count). The summed E-state index contributed by atoms with van der Waals surface area (Å²) in [6, 6.07) is 10.5. The predicted molar refractivity (Wildman–Crippen MR) is 74.9 cm³/mol. The smallest absolute Gasteiger partial charge is 0.0688 e. The van der Waals surface area contributed by atoms with Gasteiger partial charge in [-0.05, 0) is 0 Å². The first-order valence-electron chi connectivity index (χ1n) is 5.84. The van der Waals surface area contributed by atoms with Crippen LogP contribution in [-0.4, -0.2) is 23.9 Å². The Hall–Kier alpha value is -0.0203. The van der Waals surface area contributed by atoms with Crippen molar-refractivity contribution in [3.05, 3.63) is 30.3 Å². The van der Waals surface area contributed by atoms with E-state index >= 15 is 0 Å². The zero-order chi connectivity index (χ0) is 11.5. The second-order valence-electron chi connectivity index (χ2n) is 3.43. The summed E-state index contributed by atoms with van der Waals surface area (Å²) >= 11 is -0.403. The average Bonchev–Trinajstić information content (AvgIpc) is 2.33. The molecule has 0 saturated heterocycles. The van der Waals surface area contributed by atoms with Crippen LogP contribution in [0.3, 0.4) is 0 Å². The minimum atomic E-state index is -0.403. The number of benzene rings is 1. The van der Waals surface area contributed by atoms with Gasteiger partial charge in [-0.1, -0.05) is 42.1 Å². The molecular weight excluding hydrogens is 257 g/mol. The Morgan fingerprint density at radius 3 is 1.60 bits per heavy atom. The van der Waals surface area contributed by atoms with E-state index in [0.29, 0.717) is 0 Å². The van der Waals surface area contributed by atoms with Gasteiger partial charge in [0.1, 0.15) is 0 Å². The van der Waals surface area contributed by atoms with Crippen molar-refractivity contribution in [3.8, 4) is 0 Å². The molecule has 15 heavy (non-hydrogen) atoms. The van der Waals surface area contributed by atoms with Gasteiger partial charge in [0, 0.05) is 0 Å². The molecule has 0 fully saturated rings. The Balaban J connectivity index is 0.000000265. The van der Waals surface area contributed by atoms with Gasteiger partial charge < -0.3 is 0 Å². The van der Waals surface area contributed by atoms with Crippen LogP contribution >= 0.6 is 0 Å². The molecule has 0 nitrogen and oxygen atoms in total. The van der Waals surface area contributed by atoms with Gasteiger partial charge in [-0.15, -0.1) is 0 Å². The van der Waals surface area contributed by atoms with E-state index in [2.05, 4.69) is 51.6 Å². The monoisotopic (exact) mass is 281 g/mol. The molecular formula is C13H23GeSi. The van der Waals surface area contributed by atoms with E-state index in [9.17, 15) is 0 Å². The first-order valence-corrected chi connectivity index (χ1v) is 11.8. The summed E-state index contributed by atoms with van der Waals surface area (Å²) < 4.78 is 0. The maximum absolute atomic E-state index is 2.34. The maximum atomic E-state index is 2.34. The van der Waals surface area contributed by atoms with Crippen LogP contribution in [0.25, 0.3) is 0 Å². The summed E-state index contributed by atoms with van der Waals surface area (Å²) in [6.07, 6.45) is 0. The molecule has 0 bridgehead atoms. The molecule has 0 unspecified atom stereocenters. The first-order chi connectivity index (χ1) is 7.28. The predicted octanol–water partition coefficient (Wildman–Crippen LogP) is 3.61. The van der Waals surface area contributed by atoms with Crippen molar-refractivity contribution >= 4 is 29.1 Å². The zero-order valence-corrected chi connectivity index (χ0v) is 13.6. The number of hydrogen-bond acceptors (Lipinski definition) is 0. The van der Waals surface area contributed by atoms with Crippen LogP contribution in [0.4, 0.5) is 0 Å². The summed E-state index contributed by atoms with van der Waals surface area (Å²) in [7, 11) is 0.930. The average molecular weight is 280 g/mol. The maximum Gasteiger partial charge on any atom is 0.0773 e. The molecule has 0 spiro atoms. The van der Waals surface area contributed by atoms with E-state index in [1.807, 2.05) is 6.07 Å². The molecule has 0 amide bonds. The van der Waals surface area contributed by atoms with Gasteiger partial charge in [0.25, 0.3) is 0 Å². The van der Waals surface area contributed by atoms with E-state index in [1.54, 1.807) is 0 Å². The molecule has 0 aliphatic carbocycles. The van der Waals surface area contributed by atoms with Crippen molar-refractivity contribution in [2.45, 2.75) is 43.1 Å². The van der Waals surface area contributed by atoms with Crippen LogP contribution in [0, 0.1) is 0 Å². The van der Waals surface area contributed by atoms with Crippen LogP contribution in [0.1, 0.15) is 20.8 Å². The van der Waals surface area contributed by atoms with Crippen molar-refractivity contribution in [1.82, 2.24) is 0 Å². The third kappa shape index (κ3) is 7.86. The van der Waals surface area contributed by atoms with Gasteiger partial charge in [0.15, 0.2) is 0 Å². The minimum absolute atomic E-state index is 0.403. The van der Waals surface area contributed by atoms with E-state index in [4.69, 9.17) is 0 Å². The van der Waals surface area contributed by atoms with Crippen molar-refractivity contribution in [1.29, 1.82) is 0 Å². The first kappa shape index (κ1) is 15.0. The van der Waals surface area contributed by atoms with Crippen LogP contribution in [-0.2, 0) is 0 Å². The molecule has 0 heterocycles. The second kappa shape index (κ2) is 10.5. The largest absolute Gasteiger partial charge is 0.0773 e. The van der Waals surface area contributed by atoms with Crippen LogP contribution in [0.15, 0.2) is 30.3 Å². The molecule has 3 radical (unpaired) electrons. The van der Waals surface area contributed by atoms with Gasteiger partial charge in [-0.2, -0.15) is 0 Å². The zero-order valence-electron chi connectivity index (χ0n) is 10.5. The number of rotatable bonds is 4. The Kier molecular flexibility index (Phi) is 10.5. The fourth-order valence-electron chi connectivity index (χ4n) is 1.35. The van der Waals surface area contributed by atoms with Gasteiger partial charge in [0.2, 0.25) is 0 Å². The molecule has 0 aliphatic rings. The summed E-state index contributed by atoms with van der Waals surface area (Å²) in [5, 5.41) is 6.00. The standard InChI is InChI=1S/C7H8Si.C6H15Ge/c1-8-7-5-3-2-4-6-7;1-4-7(5-2)6-3/h2-6H,1H3;4-6H2,1-3H3. The second-order valence-corrected chi connectivity index (χ2v) is 12.1. The quantitative estimate of drug-likeness (QED) is 0.739. The van der Waals surface area contributed by atoms with E-state index in [-0.39, 0.29) is 0 Å². The third-order valence-electron chi connectivity index (χ3n) is 2.56. The van der Waals surface area contributed by atoms with Crippen molar-refractivity contribution in [2.75, 3.05) is 0 Å². The Morgan fingerprint density at radius 2 is 1.40 bits per heavy atom. The topological polar surface area (TPSA) is 0 Å². The summed E-state index contributed by atoms with van der Waals surface area (Å²) in [6.45, 7) is 9.20. The minimum Gasteiger partial charge on any atom is -0.0688 e. The molecule has 0 N–H and O–H groups in total. The Morgan fingerprint density at radius 1 is 0.933 bits per heavy atom. The van der Waals surface area contributed by atoms with Gasteiger partial charge >= 0.3 is 50.9 Å². The van der Waals surface area contributed by atoms with Crippen molar-refractivity contribution < 1.29 is 0 Å². The van der Waals surface area contributed by atoms with E-state index in [1.165, 1.54) is 20.9 Å². The third-order valence-corrected chi connectivity index (χ3v) is 9.77. The molecule has 0 atom stereocenters. The summed E-state index contributed by atoms with van der Waals surface area (Å²) in [5.74, 6) is 0. The molecule has 1 aromatic carbocycles. The summed E-state index contributed by atoms with van der Waals surface area (Å²) in [5.41, 5.74) is 0. The number of hydrogen-bond donors (Lipinski definition) is 0. The van der Waals surface area contributed by atoms with E-state index in [0.717, 1.165) is 9.52 Å². The van der Waals surface area contributed by atoms with Crippen LogP contribution < -0.4 is 5.19 Å². The molecule has 0 aliphatic heterocycles. The van der Waals surface area contributed by atoms with Gasteiger partial charge in [-0.25, -0.2) is 0 Å². The van der Waals surface area contributed by atoms with Crippen LogP contribution in [0.5, 0.6) is 0 Å². The van der Waals surface area contributed by atoms with Crippen molar-refractivity contribution in [3.63, 3.8) is 0 Å². The molecule has 0 saturated carbocycles. The fraction of sp³-hybridized carbons (Fsp3) is 0.538. The molecule has 83 valence electrons. The fourth-order valence-corrected chi connectivity index (χ4v) is 5.03.